The van der Waals surface area contributed by atoms with Crippen LogP contribution in [0.4, 0.5) is 5.69 Å². The number of hydrogen-bond acceptors (Lipinski definition) is 5. The van der Waals surface area contributed by atoms with E-state index in [9.17, 15) is 13.2 Å². The van der Waals surface area contributed by atoms with Crippen molar-refractivity contribution in [1.82, 2.24) is 5.32 Å². The van der Waals surface area contributed by atoms with Gasteiger partial charge in [-0.1, -0.05) is 36.4 Å². The number of anilines is 1. The summed E-state index contributed by atoms with van der Waals surface area (Å²) >= 11 is 1.66. The second-order valence-electron chi connectivity index (χ2n) is 7.44. The monoisotopic (exact) mass is 480 g/mol. The van der Waals surface area contributed by atoms with E-state index in [1.165, 1.54) is 16.2 Å². The number of carbonyl (C=O) groups is 1. The largest absolute Gasteiger partial charge is 0.484 e. The number of sulfonamides is 1. The molecule has 0 aliphatic carbocycles. The van der Waals surface area contributed by atoms with E-state index in [2.05, 4.69) is 5.32 Å². The summed E-state index contributed by atoms with van der Waals surface area (Å²) in [5, 5.41) is 6.68. The summed E-state index contributed by atoms with van der Waals surface area (Å²) in [6.07, 6.45) is 0.788. The third-order valence-electron chi connectivity index (χ3n) is 5.22. The van der Waals surface area contributed by atoms with E-state index in [4.69, 9.17) is 4.74 Å². The third-order valence-corrected chi connectivity index (χ3v) is 7.94. The van der Waals surface area contributed by atoms with E-state index in [-0.39, 0.29) is 17.4 Å². The Morgan fingerprint density at radius 3 is 2.45 bits per heavy atom. The van der Waals surface area contributed by atoms with Crippen LogP contribution in [0.25, 0.3) is 10.8 Å². The van der Waals surface area contributed by atoms with Crippen LogP contribution in [0.15, 0.2) is 89.1 Å². The van der Waals surface area contributed by atoms with Crippen LogP contribution < -0.4 is 14.4 Å². The summed E-state index contributed by atoms with van der Waals surface area (Å²) in [6, 6.07) is 23.4. The van der Waals surface area contributed by atoms with Gasteiger partial charge in [0.2, 0.25) is 0 Å². The molecule has 1 amide bonds. The van der Waals surface area contributed by atoms with Gasteiger partial charge in [0.15, 0.2) is 6.61 Å². The first-order chi connectivity index (χ1) is 15.9. The summed E-state index contributed by atoms with van der Waals surface area (Å²) in [6.45, 7) is 0.452. The molecule has 3 aromatic carbocycles. The topological polar surface area (TPSA) is 75.7 Å². The van der Waals surface area contributed by atoms with Crippen molar-refractivity contribution in [2.45, 2.75) is 11.3 Å². The second kappa shape index (κ2) is 10.1. The molecule has 4 aromatic rings. The molecule has 1 aromatic heterocycles. The zero-order valence-corrected chi connectivity index (χ0v) is 19.7. The lowest BCUT2D eigenvalue weighted by Gasteiger charge is -2.20. The molecule has 0 fully saturated rings. The number of benzene rings is 3. The summed E-state index contributed by atoms with van der Waals surface area (Å²) in [5.41, 5.74) is 0.496. The Morgan fingerprint density at radius 1 is 0.970 bits per heavy atom. The number of amides is 1. The fourth-order valence-electron chi connectivity index (χ4n) is 3.36. The van der Waals surface area contributed by atoms with E-state index >= 15 is 0 Å². The molecule has 0 spiro atoms. The fourth-order valence-corrected chi connectivity index (χ4v) is 5.30. The lowest BCUT2D eigenvalue weighted by molar-refractivity contribution is -0.123. The Hall–Kier alpha value is -3.36. The standard InChI is InChI=1S/C25H24N2O4S2/c1-27(33(29,30)24-13-8-19-5-2-3-6-20(19)17-24)21-9-11-22(12-10-21)31-18-25(28)26-15-14-23-7-4-16-32-23/h2-13,16-17H,14-15,18H2,1H3,(H,26,28). The Kier molecular flexibility index (Phi) is 6.96. The molecule has 0 bridgehead atoms. The molecule has 0 saturated carbocycles. The molecule has 0 aliphatic rings. The van der Waals surface area contributed by atoms with Crippen molar-refractivity contribution in [3.8, 4) is 5.75 Å². The molecule has 1 heterocycles. The highest BCUT2D eigenvalue weighted by Crippen LogP contribution is 2.26. The number of ether oxygens (including phenoxy) is 1. The van der Waals surface area contributed by atoms with Gasteiger partial charge in [-0.25, -0.2) is 8.42 Å². The molecule has 4 rings (SSSR count). The van der Waals surface area contributed by atoms with Gasteiger partial charge in [-0.05, 0) is 65.0 Å². The van der Waals surface area contributed by atoms with Gasteiger partial charge in [0.05, 0.1) is 10.6 Å². The maximum Gasteiger partial charge on any atom is 0.264 e. The van der Waals surface area contributed by atoms with Crippen LogP contribution in [0, 0.1) is 0 Å². The van der Waals surface area contributed by atoms with Crippen molar-refractivity contribution in [3.05, 3.63) is 89.1 Å². The first-order valence-electron chi connectivity index (χ1n) is 10.4. The molecule has 0 atom stereocenters. The molecular weight excluding hydrogens is 456 g/mol. The fraction of sp³-hybridized carbons (Fsp3) is 0.160. The van der Waals surface area contributed by atoms with Crippen molar-refractivity contribution >= 4 is 43.7 Å². The zero-order chi connectivity index (χ0) is 23.3. The Morgan fingerprint density at radius 2 is 1.73 bits per heavy atom. The van der Waals surface area contributed by atoms with E-state index in [1.807, 2.05) is 41.8 Å². The van der Waals surface area contributed by atoms with Gasteiger partial charge in [-0.3, -0.25) is 9.10 Å². The molecule has 8 heteroatoms. The van der Waals surface area contributed by atoms with Gasteiger partial charge in [-0.15, -0.1) is 11.3 Å². The summed E-state index contributed by atoms with van der Waals surface area (Å²) in [7, 11) is -2.21. The minimum Gasteiger partial charge on any atom is -0.484 e. The van der Waals surface area contributed by atoms with E-state index in [0.29, 0.717) is 18.0 Å². The zero-order valence-electron chi connectivity index (χ0n) is 18.1. The van der Waals surface area contributed by atoms with Crippen molar-refractivity contribution in [2.75, 3.05) is 24.5 Å². The first-order valence-corrected chi connectivity index (χ1v) is 12.8. The van der Waals surface area contributed by atoms with Gasteiger partial charge >= 0.3 is 0 Å². The van der Waals surface area contributed by atoms with Crippen LogP contribution >= 0.6 is 11.3 Å². The predicted octanol–water partition coefficient (Wildman–Crippen LogP) is 4.46. The maximum atomic E-state index is 13.1. The smallest absolute Gasteiger partial charge is 0.264 e. The van der Waals surface area contributed by atoms with Crippen molar-refractivity contribution < 1.29 is 17.9 Å². The molecule has 6 nitrogen and oxygen atoms in total. The minimum atomic E-state index is -3.72. The normalized spacial score (nSPS) is 11.3. The summed E-state index contributed by atoms with van der Waals surface area (Å²) < 4.78 is 33.0. The van der Waals surface area contributed by atoms with Gasteiger partial charge in [-0.2, -0.15) is 0 Å². The number of rotatable bonds is 9. The quantitative estimate of drug-likeness (QED) is 0.384. The Bertz CT molecular complexity index is 1330. The van der Waals surface area contributed by atoms with Gasteiger partial charge < -0.3 is 10.1 Å². The Balaban J connectivity index is 1.35. The van der Waals surface area contributed by atoms with Crippen LogP contribution in [-0.2, 0) is 21.2 Å². The van der Waals surface area contributed by atoms with Crippen LogP contribution in [-0.4, -0.2) is 34.5 Å². The molecule has 0 aliphatic heterocycles. The van der Waals surface area contributed by atoms with Gasteiger partial charge in [0.1, 0.15) is 5.75 Å². The number of nitrogens with zero attached hydrogens (tertiary/aromatic N) is 1. The van der Waals surface area contributed by atoms with Crippen molar-refractivity contribution in [1.29, 1.82) is 0 Å². The number of nitrogens with one attached hydrogen (secondary N) is 1. The SMILES string of the molecule is CN(c1ccc(OCC(=O)NCCc2cccs2)cc1)S(=O)(=O)c1ccc2ccccc2c1. The highest BCUT2D eigenvalue weighted by molar-refractivity contribution is 7.92. The number of thiophene rings is 1. The number of hydrogen-bond donors (Lipinski definition) is 1. The van der Waals surface area contributed by atoms with Crippen molar-refractivity contribution in [2.24, 2.45) is 0 Å². The maximum absolute atomic E-state index is 13.1. The van der Waals surface area contributed by atoms with Crippen LogP contribution in [0.5, 0.6) is 5.75 Å². The summed E-state index contributed by atoms with van der Waals surface area (Å²) in [5.74, 6) is 0.287. The van der Waals surface area contributed by atoms with E-state index in [0.717, 1.165) is 17.2 Å². The predicted molar refractivity (Wildman–Crippen MR) is 133 cm³/mol. The van der Waals surface area contributed by atoms with Crippen LogP contribution in [0.3, 0.4) is 0 Å². The highest BCUT2D eigenvalue weighted by Gasteiger charge is 2.21. The van der Waals surface area contributed by atoms with E-state index < -0.39 is 10.0 Å². The highest BCUT2D eigenvalue weighted by atomic mass is 32.2. The van der Waals surface area contributed by atoms with E-state index in [1.54, 1.807) is 53.8 Å². The average molecular weight is 481 g/mol. The molecule has 0 saturated heterocycles. The number of fused-ring (bicyclic) bond motifs is 1. The lowest BCUT2D eigenvalue weighted by Crippen LogP contribution is -2.30. The number of carbonyl (C=O) groups excluding carboxylic acids is 1. The molecule has 0 unspecified atom stereocenters. The minimum absolute atomic E-state index is 0.102. The third kappa shape index (κ3) is 5.53. The van der Waals surface area contributed by atoms with Crippen LogP contribution in [0.1, 0.15) is 4.88 Å². The lowest BCUT2D eigenvalue weighted by atomic mass is 10.1. The van der Waals surface area contributed by atoms with Gasteiger partial charge in [0, 0.05) is 18.5 Å². The molecule has 33 heavy (non-hydrogen) atoms. The van der Waals surface area contributed by atoms with Crippen molar-refractivity contribution in [3.63, 3.8) is 0 Å². The molecular formula is C25H24N2O4S2. The van der Waals surface area contributed by atoms with Crippen LogP contribution in [0.2, 0.25) is 0 Å². The summed E-state index contributed by atoms with van der Waals surface area (Å²) in [4.78, 5) is 13.4. The molecule has 1 N–H and O–H groups in total. The first kappa shape index (κ1) is 22.8. The average Bonchev–Trinajstić information content (AvgIpc) is 3.36. The Labute approximate surface area is 197 Å². The molecule has 170 valence electrons. The second-order valence-corrected chi connectivity index (χ2v) is 10.4. The molecule has 0 radical (unpaired) electrons. The van der Waals surface area contributed by atoms with Gasteiger partial charge in [0.25, 0.3) is 15.9 Å².